The van der Waals surface area contributed by atoms with Crippen LogP contribution in [0.1, 0.15) is 22.9 Å². The number of aliphatic hydroxyl groups excluding tert-OH is 1. The van der Waals surface area contributed by atoms with Gasteiger partial charge in [0.05, 0.1) is 31.7 Å². The molecule has 5 rings (SSSR count). The van der Waals surface area contributed by atoms with Crippen molar-refractivity contribution in [3.05, 3.63) is 65.4 Å². The second-order valence-electron chi connectivity index (χ2n) is 9.04. The number of aromatic nitrogens is 1. The number of carbonyl (C=O) groups is 1. The maximum atomic E-state index is 13.5. The predicted molar refractivity (Wildman–Crippen MR) is 120 cm³/mol. The van der Waals surface area contributed by atoms with Gasteiger partial charge < -0.3 is 24.2 Å². The van der Waals surface area contributed by atoms with Crippen LogP contribution in [0.3, 0.4) is 0 Å². The molecule has 0 radical (unpaired) electrons. The van der Waals surface area contributed by atoms with E-state index in [2.05, 4.69) is 22.6 Å². The second kappa shape index (κ2) is 7.39. The number of fused-ring (bicyclic) bond motifs is 4. The Kier molecular flexibility index (Phi) is 4.79. The highest BCUT2D eigenvalue weighted by Crippen LogP contribution is 2.49. The van der Waals surface area contributed by atoms with Crippen LogP contribution in [-0.2, 0) is 23.7 Å². The van der Waals surface area contributed by atoms with Gasteiger partial charge in [0.15, 0.2) is 0 Å². The predicted octanol–water partition coefficient (Wildman–Crippen LogP) is 2.49. The minimum absolute atomic E-state index is 0.0627. The third kappa shape index (κ3) is 3.05. The molecule has 1 amide bonds. The van der Waals surface area contributed by atoms with E-state index in [1.807, 2.05) is 54.4 Å². The van der Waals surface area contributed by atoms with Crippen molar-refractivity contribution in [2.45, 2.75) is 17.9 Å². The van der Waals surface area contributed by atoms with Crippen LogP contribution in [0.25, 0.3) is 10.9 Å². The molecule has 1 atom stereocenters. The molecule has 0 unspecified atom stereocenters. The fourth-order valence-corrected chi connectivity index (χ4v) is 5.74. The average Bonchev–Trinajstić information content (AvgIpc) is 3.06. The summed E-state index contributed by atoms with van der Waals surface area (Å²) < 4.78 is 7.61. The summed E-state index contributed by atoms with van der Waals surface area (Å²) >= 11 is 0. The maximum absolute atomic E-state index is 13.5. The SMILES string of the molecule is COc1ccc2c3c(n(C)c2c1)[C@@H](CO)N(C(=O)Cc1ccccc1)CC31CN(C)C1. The molecule has 1 fully saturated rings. The standard InChI is InChI=1S/C25H29N3O3/c1-26-14-25(15-26)16-28(22(30)11-17-7-5-4-6-8-17)21(13-29)24-23(25)19-10-9-18(31-3)12-20(19)27(24)2/h4-10,12,21,29H,11,13-16H2,1-3H3/t21-/m1/s1. The van der Waals surface area contributed by atoms with Gasteiger partial charge in [0.1, 0.15) is 5.75 Å². The molecule has 2 aromatic carbocycles. The second-order valence-corrected chi connectivity index (χ2v) is 9.04. The molecule has 1 N–H and O–H groups in total. The lowest BCUT2D eigenvalue weighted by Gasteiger charge is -2.55. The van der Waals surface area contributed by atoms with Crippen LogP contribution in [-0.4, -0.2) is 65.8 Å². The fraction of sp³-hybridized carbons (Fsp3) is 0.400. The molecule has 2 aliphatic rings. The van der Waals surface area contributed by atoms with Gasteiger partial charge >= 0.3 is 0 Å². The van der Waals surface area contributed by atoms with E-state index in [9.17, 15) is 9.90 Å². The summed E-state index contributed by atoms with van der Waals surface area (Å²) in [5.41, 5.74) is 4.29. The number of methoxy groups -OCH3 is 1. The highest BCUT2D eigenvalue weighted by molar-refractivity contribution is 5.90. The molecule has 6 heteroatoms. The van der Waals surface area contributed by atoms with Crippen molar-refractivity contribution in [3.63, 3.8) is 0 Å². The molecule has 1 spiro atoms. The monoisotopic (exact) mass is 419 g/mol. The van der Waals surface area contributed by atoms with E-state index in [4.69, 9.17) is 4.74 Å². The summed E-state index contributed by atoms with van der Waals surface area (Å²) in [5, 5.41) is 11.6. The van der Waals surface area contributed by atoms with E-state index in [-0.39, 0.29) is 24.0 Å². The number of likely N-dealkylation sites (tertiary alicyclic amines) is 1. The molecule has 0 aliphatic carbocycles. The third-order valence-electron chi connectivity index (χ3n) is 6.98. The number of rotatable bonds is 4. The van der Waals surface area contributed by atoms with E-state index in [0.717, 1.165) is 35.6 Å². The average molecular weight is 420 g/mol. The van der Waals surface area contributed by atoms with Gasteiger partial charge in [0.25, 0.3) is 0 Å². The highest BCUT2D eigenvalue weighted by atomic mass is 16.5. The molecule has 6 nitrogen and oxygen atoms in total. The van der Waals surface area contributed by atoms with Crippen molar-refractivity contribution < 1.29 is 14.6 Å². The van der Waals surface area contributed by atoms with Gasteiger partial charge in [-0.2, -0.15) is 0 Å². The zero-order chi connectivity index (χ0) is 21.8. The van der Waals surface area contributed by atoms with Crippen LogP contribution in [0.2, 0.25) is 0 Å². The molecule has 3 heterocycles. The van der Waals surface area contributed by atoms with Crippen LogP contribution >= 0.6 is 0 Å². The van der Waals surface area contributed by atoms with Gasteiger partial charge in [-0.25, -0.2) is 0 Å². The lowest BCUT2D eigenvalue weighted by atomic mass is 9.69. The van der Waals surface area contributed by atoms with Crippen molar-refractivity contribution in [1.29, 1.82) is 0 Å². The van der Waals surface area contributed by atoms with Crippen LogP contribution in [0.5, 0.6) is 5.75 Å². The Labute approximate surface area is 182 Å². The van der Waals surface area contributed by atoms with Gasteiger partial charge in [-0.05, 0) is 30.3 Å². The van der Waals surface area contributed by atoms with Crippen molar-refractivity contribution in [1.82, 2.24) is 14.4 Å². The van der Waals surface area contributed by atoms with Gasteiger partial charge in [0, 0.05) is 49.2 Å². The molecular formula is C25H29N3O3. The number of hydrogen-bond donors (Lipinski definition) is 1. The molecule has 3 aromatic rings. The number of aliphatic hydroxyl groups is 1. The molecular weight excluding hydrogens is 390 g/mol. The first-order valence-corrected chi connectivity index (χ1v) is 10.8. The number of hydrogen-bond acceptors (Lipinski definition) is 4. The molecule has 31 heavy (non-hydrogen) atoms. The lowest BCUT2D eigenvalue weighted by molar-refractivity contribution is -0.138. The maximum Gasteiger partial charge on any atom is 0.227 e. The Morgan fingerprint density at radius 1 is 1.13 bits per heavy atom. The topological polar surface area (TPSA) is 57.9 Å². The number of likely N-dealkylation sites (N-methyl/N-ethyl adjacent to an activating group) is 1. The van der Waals surface area contributed by atoms with E-state index >= 15 is 0 Å². The highest BCUT2D eigenvalue weighted by Gasteiger charge is 2.53. The molecule has 162 valence electrons. The Hall–Kier alpha value is -2.83. The quantitative estimate of drug-likeness (QED) is 0.706. The third-order valence-corrected chi connectivity index (χ3v) is 6.98. The number of carbonyl (C=O) groups excluding carboxylic acids is 1. The first-order chi connectivity index (χ1) is 15.0. The van der Waals surface area contributed by atoms with E-state index in [0.29, 0.717) is 13.0 Å². The van der Waals surface area contributed by atoms with Crippen molar-refractivity contribution in [2.75, 3.05) is 40.4 Å². The number of amides is 1. The molecule has 1 saturated heterocycles. The molecule has 0 bridgehead atoms. The molecule has 1 aromatic heterocycles. The van der Waals surface area contributed by atoms with E-state index in [1.165, 1.54) is 10.9 Å². The normalized spacial score (nSPS) is 20.0. The van der Waals surface area contributed by atoms with Crippen molar-refractivity contribution >= 4 is 16.8 Å². The Morgan fingerprint density at radius 3 is 2.52 bits per heavy atom. The van der Waals surface area contributed by atoms with E-state index < -0.39 is 0 Å². The minimum atomic E-state index is -0.355. The van der Waals surface area contributed by atoms with Gasteiger partial charge in [-0.1, -0.05) is 30.3 Å². The summed E-state index contributed by atoms with van der Waals surface area (Å²) in [6.07, 6.45) is 0.344. The summed E-state index contributed by atoms with van der Waals surface area (Å²) in [7, 11) is 5.82. The van der Waals surface area contributed by atoms with Gasteiger partial charge in [-0.15, -0.1) is 0 Å². The molecule has 0 saturated carbocycles. The van der Waals surface area contributed by atoms with Crippen molar-refractivity contribution in [2.24, 2.45) is 7.05 Å². The Morgan fingerprint density at radius 2 is 1.87 bits per heavy atom. The summed E-state index contributed by atoms with van der Waals surface area (Å²) in [6, 6.07) is 15.7. The first-order valence-electron chi connectivity index (χ1n) is 10.8. The fourth-order valence-electron chi connectivity index (χ4n) is 5.74. The number of aryl methyl sites for hydroxylation is 1. The Balaban J connectivity index is 1.63. The van der Waals surface area contributed by atoms with Gasteiger partial charge in [0.2, 0.25) is 5.91 Å². The number of nitrogens with zero attached hydrogens (tertiary/aromatic N) is 3. The summed E-state index contributed by atoms with van der Waals surface area (Å²) in [6.45, 7) is 2.34. The largest absolute Gasteiger partial charge is 0.497 e. The van der Waals surface area contributed by atoms with Crippen molar-refractivity contribution in [3.8, 4) is 5.75 Å². The number of ether oxygens (including phenoxy) is 1. The zero-order valence-electron chi connectivity index (χ0n) is 18.3. The summed E-state index contributed by atoms with van der Waals surface area (Å²) in [5.74, 6) is 0.871. The minimum Gasteiger partial charge on any atom is -0.497 e. The van der Waals surface area contributed by atoms with Crippen LogP contribution < -0.4 is 4.74 Å². The lowest BCUT2D eigenvalue weighted by Crippen LogP contribution is -2.66. The van der Waals surface area contributed by atoms with Gasteiger partial charge in [-0.3, -0.25) is 4.79 Å². The summed E-state index contributed by atoms with van der Waals surface area (Å²) in [4.78, 5) is 17.7. The molecule has 2 aliphatic heterocycles. The smallest absolute Gasteiger partial charge is 0.227 e. The van der Waals surface area contributed by atoms with E-state index in [1.54, 1.807) is 7.11 Å². The van der Waals surface area contributed by atoms with Crippen LogP contribution in [0, 0.1) is 0 Å². The van der Waals surface area contributed by atoms with Crippen LogP contribution in [0.15, 0.2) is 48.5 Å². The first kappa shape index (κ1) is 20.1. The zero-order valence-corrected chi connectivity index (χ0v) is 18.3. The number of benzene rings is 2. The van der Waals surface area contributed by atoms with Crippen LogP contribution in [0.4, 0.5) is 0 Å². The Bertz CT molecular complexity index is 1130.